The highest BCUT2D eigenvalue weighted by Crippen LogP contribution is 2.05. The predicted molar refractivity (Wildman–Crippen MR) is 63.2 cm³/mol. The molecule has 0 aliphatic heterocycles. The van der Waals surface area contributed by atoms with Gasteiger partial charge in [0.25, 0.3) is 5.91 Å². The average Bonchev–Trinajstić information content (AvgIpc) is 2.63. The van der Waals surface area contributed by atoms with Crippen molar-refractivity contribution in [3.8, 4) is 0 Å². The van der Waals surface area contributed by atoms with E-state index in [4.69, 9.17) is 5.73 Å². The molecule has 0 saturated carbocycles. The second-order valence-corrected chi connectivity index (χ2v) is 4.06. The number of rotatable bonds is 4. The quantitative estimate of drug-likeness (QED) is 0.574. The molecule has 1 unspecified atom stereocenters. The summed E-state index contributed by atoms with van der Waals surface area (Å²) >= 11 is 0. The van der Waals surface area contributed by atoms with Crippen molar-refractivity contribution in [2.75, 3.05) is 5.73 Å². The van der Waals surface area contributed by atoms with E-state index in [-0.39, 0.29) is 23.3 Å². The Balaban J connectivity index is 2.57. The molecule has 94 valence electrons. The zero-order valence-electron chi connectivity index (χ0n) is 10.1. The highest BCUT2D eigenvalue weighted by atomic mass is 16.2. The van der Waals surface area contributed by atoms with Gasteiger partial charge in [-0.3, -0.25) is 14.7 Å². The van der Waals surface area contributed by atoms with Crippen molar-refractivity contribution in [1.82, 2.24) is 20.8 Å². The standard InChI is InChI=1S/C10H17N5O2/c1-5(2)13-9(16)6(3)14-10(17)8-7(11)4-12-15-8/h4-6H,11H2,1-3H3,(H,12,15)(H,13,16)(H,14,17). The highest BCUT2D eigenvalue weighted by Gasteiger charge is 2.19. The van der Waals surface area contributed by atoms with Gasteiger partial charge < -0.3 is 16.4 Å². The highest BCUT2D eigenvalue weighted by molar-refractivity contribution is 5.99. The van der Waals surface area contributed by atoms with Gasteiger partial charge in [0.1, 0.15) is 11.7 Å². The van der Waals surface area contributed by atoms with E-state index in [9.17, 15) is 9.59 Å². The number of H-pyrrole nitrogens is 1. The third-order valence-corrected chi connectivity index (χ3v) is 2.07. The minimum Gasteiger partial charge on any atom is -0.396 e. The molecule has 5 N–H and O–H groups in total. The fraction of sp³-hybridized carbons (Fsp3) is 0.500. The van der Waals surface area contributed by atoms with Crippen molar-refractivity contribution in [2.45, 2.75) is 32.9 Å². The van der Waals surface area contributed by atoms with E-state index in [0.717, 1.165) is 0 Å². The summed E-state index contributed by atoms with van der Waals surface area (Å²) in [4.78, 5) is 23.2. The summed E-state index contributed by atoms with van der Waals surface area (Å²) in [6.07, 6.45) is 1.34. The summed E-state index contributed by atoms with van der Waals surface area (Å²) in [5, 5.41) is 11.3. The van der Waals surface area contributed by atoms with Crippen LogP contribution < -0.4 is 16.4 Å². The Morgan fingerprint density at radius 3 is 2.47 bits per heavy atom. The Hall–Kier alpha value is -2.05. The van der Waals surface area contributed by atoms with Crippen LogP contribution in [0.4, 0.5) is 5.69 Å². The maximum Gasteiger partial charge on any atom is 0.272 e. The van der Waals surface area contributed by atoms with E-state index < -0.39 is 11.9 Å². The second-order valence-electron chi connectivity index (χ2n) is 4.06. The van der Waals surface area contributed by atoms with Crippen LogP contribution in [-0.4, -0.2) is 34.1 Å². The topological polar surface area (TPSA) is 113 Å². The minimum atomic E-state index is -0.632. The van der Waals surface area contributed by atoms with Crippen LogP contribution >= 0.6 is 0 Å². The van der Waals surface area contributed by atoms with Crippen LogP contribution in [0.15, 0.2) is 6.20 Å². The monoisotopic (exact) mass is 239 g/mol. The molecule has 2 amide bonds. The molecule has 1 aromatic rings. The first kappa shape index (κ1) is 13.0. The zero-order valence-corrected chi connectivity index (χ0v) is 10.1. The maximum absolute atomic E-state index is 11.7. The number of carbonyl (C=O) groups excluding carboxylic acids is 2. The largest absolute Gasteiger partial charge is 0.396 e. The molecule has 0 spiro atoms. The first-order chi connectivity index (χ1) is 7.91. The Morgan fingerprint density at radius 2 is 2.00 bits per heavy atom. The molecule has 7 nitrogen and oxygen atoms in total. The number of hydrogen-bond acceptors (Lipinski definition) is 4. The number of nitrogen functional groups attached to an aromatic ring is 1. The summed E-state index contributed by atoms with van der Waals surface area (Å²) in [6.45, 7) is 5.29. The van der Waals surface area contributed by atoms with E-state index >= 15 is 0 Å². The van der Waals surface area contributed by atoms with Gasteiger partial charge in [-0.05, 0) is 20.8 Å². The molecule has 0 saturated heterocycles. The van der Waals surface area contributed by atoms with Crippen LogP contribution in [0, 0.1) is 0 Å². The first-order valence-corrected chi connectivity index (χ1v) is 5.32. The van der Waals surface area contributed by atoms with E-state index in [1.807, 2.05) is 13.8 Å². The fourth-order valence-corrected chi connectivity index (χ4v) is 1.22. The van der Waals surface area contributed by atoms with Gasteiger partial charge in [0.05, 0.1) is 11.9 Å². The normalized spacial score (nSPS) is 12.2. The Kier molecular flexibility index (Phi) is 4.08. The molecule has 0 radical (unpaired) electrons. The number of hydrogen-bond donors (Lipinski definition) is 4. The van der Waals surface area contributed by atoms with Crippen LogP contribution in [-0.2, 0) is 4.79 Å². The number of amides is 2. The lowest BCUT2D eigenvalue weighted by molar-refractivity contribution is -0.123. The molecule has 0 aromatic carbocycles. The number of anilines is 1. The van der Waals surface area contributed by atoms with Gasteiger partial charge >= 0.3 is 0 Å². The molecule has 7 heteroatoms. The lowest BCUT2D eigenvalue weighted by Crippen LogP contribution is -2.46. The third-order valence-electron chi connectivity index (χ3n) is 2.07. The molecular weight excluding hydrogens is 222 g/mol. The lowest BCUT2D eigenvalue weighted by Gasteiger charge is -2.15. The van der Waals surface area contributed by atoms with E-state index in [2.05, 4.69) is 20.8 Å². The van der Waals surface area contributed by atoms with Crippen LogP contribution in [0.2, 0.25) is 0 Å². The van der Waals surface area contributed by atoms with Crippen LogP contribution in [0.3, 0.4) is 0 Å². The van der Waals surface area contributed by atoms with Crippen LogP contribution in [0.1, 0.15) is 31.3 Å². The summed E-state index contributed by atoms with van der Waals surface area (Å²) < 4.78 is 0. The minimum absolute atomic E-state index is 0.0269. The molecule has 17 heavy (non-hydrogen) atoms. The summed E-state index contributed by atoms with van der Waals surface area (Å²) in [6, 6.07) is -0.605. The zero-order chi connectivity index (χ0) is 13.0. The number of nitrogens with one attached hydrogen (secondary N) is 3. The van der Waals surface area contributed by atoms with Gasteiger partial charge in [-0.25, -0.2) is 0 Å². The lowest BCUT2D eigenvalue weighted by atomic mass is 10.2. The van der Waals surface area contributed by atoms with E-state index in [0.29, 0.717) is 0 Å². The maximum atomic E-state index is 11.7. The van der Waals surface area contributed by atoms with Gasteiger partial charge in [0.15, 0.2) is 0 Å². The molecule has 1 rings (SSSR count). The average molecular weight is 239 g/mol. The van der Waals surface area contributed by atoms with Crippen LogP contribution in [0.5, 0.6) is 0 Å². The predicted octanol–water partition coefficient (Wildman–Crippen LogP) is -0.365. The SMILES string of the molecule is CC(C)NC(=O)C(C)NC(=O)c1[nH]ncc1N. The third kappa shape index (κ3) is 3.47. The first-order valence-electron chi connectivity index (χ1n) is 5.32. The Labute approximate surface area is 99.1 Å². The molecular formula is C10H17N5O2. The van der Waals surface area contributed by atoms with Gasteiger partial charge in [-0.1, -0.05) is 0 Å². The van der Waals surface area contributed by atoms with Crippen molar-refractivity contribution < 1.29 is 9.59 Å². The van der Waals surface area contributed by atoms with Crippen molar-refractivity contribution in [3.63, 3.8) is 0 Å². The van der Waals surface area contributed by atoms with E-state index in [1.54, 1.807) is 6.92 Å². The van der Waals surface area contributed by atoms with Gasteiger partial charge in [-0.2, -0.15) is 5.10 Å². The smallest absolute Gasteiger partial charge is 0.272 e. The molecule has 1 aromatic heterocycles. The van der Waals surface area contributed by atoms with Crippen molar-refractivity contribution >= 4 is 17.5 Å². The molecule has 0 aliphatic carbocycles. The van der Waals surface area contributed by atoms with Gasteiger partial charge in [0.2, 0.25) is 5.91 Å². The van der Waals surface area contributed by atoms with E-state index in [1.165, 1.54) is 6.20 Å². The fourth-order valence-electron chi connectivity index (χ4n) is 1.22. The second kappa shape index (κ2) is 5.33. The molecule has 0 fully saturated rings. The Bertz CT molecular complexity index is 413. The molecule has 1 heterocycles. The van der Waals surface area contributed by atoms with Crippen molar-refractivity contribution in [3.05, 3.63) is 11.9 Å². The van der Waals surface area contributed by atoms with Crippen molar-refractivity contribution in [1.29, 1.82) is 0 Å². The van der Waals surface area contributed by atoms with Gasteiger partial charge in [0, 0.05) is 6.04 Å². The Morgan fingerprint density at radius 1 is 1.35 bits per heavy atom. The van der Waals surface area contributed by atoms with Crippen LogP contribution in [0.25, 0.3) is 0 Å². The molecule has 0 aliphatic rings. The summed E-state index contributed by atoms with van der Waals surface area (Å²) in [5.41, 5.74) is 5.93. The number of aromatic nitrogens is 2. The van der Waals surface area contributed by atoms with Crippen molar-refractivity contribution in [2.24, 2.45) is 0 Å². The number of nitrogens with zero attached hydrogens (tertiary/aromatic N) is 1. The summed E-state index contributed by atoms with van der Waals surface area (Å²) in [5.74, 6) is -0.696. The molecule has 1 atom stereocenters. The number of carbonyl (C=O) groups is 2. The number of nitrogens with two attached hydrogens (primary N) is 1. The summed E-state index contributed by atoms with van der Waals surface area (Å²) in [7, 11) is 0. The van der Waals surface area contributed by atoms with Gasteiger partial charge in [-0.15, -0.1) is 0 Å². The molecule has 0 bridgehead atoms. The number of aromatic amines is 1.